The van der Waals surface area contributed by atoms with Gasteiger partial charge < -0.3 is 0 Å². The fourth-order valence-corrected chi connectivity index (χ4v) is 3.18. The van der Waals surface area contributed by atoms with E-state index in [4.69, 9.17) is 5.10 Å². The summed E-state index contributed by atoms with van der Waals surface area (Å²) in [4.78, 5) is 20.9. The number of hydrogen-bond donors (Lipinski definition) is 1. The first-order chi connectivity index (χ1) is 15.9. The van der Waals surface area contributed by atoms with Crippen LogP contribution in [-0.2, 0) is 0 Å². The summed E-state index contributed by atoms with van der Waals surface area (Å²) >= 11 is 0. The van der Waals surface area contributed by atoms with Gasteiger partial charge in [0.25, 0.3) is 5.69 Å². The number of hydrazone groups is 1. The van der Waals surface area contributed by atoms with E-state index < -0.39 is 15.5 Å². The van der Waals surface area contributed by atoms with Gasteiger partial charge in [0, 0.05) is 23.4 Å². The molecule has 0 aliphatic carbocycles. The molecule has 33 heavy (non-hydrogen) atoms. The Morgan fingerprint density at radius 2 is 1.70 bits per heavy atom. The first kappa shape index (κ1) is 21.4. The predicted molar refractivity (Wildman–Crippen MR) is 125 cm³/mol. The van der Waals surface area contributed by atoms with E-state index in [9.17, 15) is 20.2 Å². The van der Waals surface area contributed by atoms with Crippen molar-refractivity contribution in [3.8, 4) is 16.9 Å². The lowest BCUT2D eigenvalue weighted by Gasteiger charge is -2.02. The summed E-state index contributed by atoms with van der Waals surface area (Å²) in [5.41, 5.74) is 6.07. The van der Waals surface area contributed by atoms with Gasteiger partial charge in [0.15, 0.2) is 0 Å². The van der Waals surface area contributed by atoms with Gasteiger partial charge in [-0.3, -0.25) is 25.7 Å². The van der Waals surface area contributed by atoms with Crippen LogP contribution < -0.4 is 5.43 Å². The number of hydrogen-bond acceptors (Lipinski definition) is 7. The molecule has 0 bridgehead atoms. The van der Waals surface area contributed by atoms with Gasteiger partial charge in [0.2, 0.25) is 0 Å². The molecule has 1 heterocycles. The van der Waals surface area contributed by atoms with E-state index in [1.807, 2.05) is 67.7 Å². The van der Waals surface area contributed by atoms with E-state index in [0.717, 1.165) is 22.9 Å². The van der Waals surface area contributed by atoms with Gasteiger partial charge in [-0.15, -0.1) is 0 Å². The van der Waals surface area contributed by atoms with Crippen LogP contribution in [0.5, 0.6) is 0 Å². The average Bonchev–Trinajstić information content (AvgIpc) is 3.24. The van der Waals surface area contributed by atoms with Gasteiger partial charge in [-0.25, -0.2) is 4.68 Å². The Balaban J connectivity index is 1.68. The van der Waals surface area contributed by atoms with E-state index in [1.54, 1.807) is 4.68 Å². The number of non-ortho nitro benzene ring substituents is 1. The van der Waals surface area contributed by atoms with Gasteiger partial charge >= 0.3 is 5.69 Å². The highest BCUT2D eigenvalue weighted by Gasteiger charge is 2.19. The minimum atomic E-state index is -0.699. The molecular weight excluding hydrogens is 424 g/mol. The van der Waals surface area contributed by atoms with Crippen molar-refractivity contribution in [3.05, 3.63) is 110 Å². The molecule has 3 aromatic carbocycles. The second kappa shape index (κ2) is 9.10. The van der Waals surface area contributed by atoms with E-state index in [2.05, 4.69) is 10.5 Å². The molecule has 164 valence electrons. The van der Waals surface area contributed by atoms with Gasteiger partial charge in [0.1, 0.15) is 11.4 Å². The predicted octanol–water partition coefficient (Wildman–Crippen LogP) is 5.11. The molecule has 10 nitrogen and oxygen atoms in total. The van der Waals surface area contributed by atoms with Crippen LogP contribution in [0.3, 0.4) is 0 Å². The van der Waals surface area contributed by atoms with E-state index >= 15 is 0 Å². The van der Waals surface area contributed by atoms with Crippen molar-refractivity contribution in [3.63, 3.8) is 0 Å². The first-order valence-electron chi connectivity index (χ1n) is 9.86. The van der Waals surface area contributed by atoms with Crippen LogP contribution in [0.2, 0.25) is 0 Å². The van der Waals surface area contributed by atoms with E-state index in [-0.39, 0.29) is 11.4 Å². The lowest BCUT2D eigenvalue weighted by atomic mass is 10.1. The molecule has 0 aliphatic rings. The number of aryl methyl sites for hydroxylation is 1. The molecule has 0 aliphatic heterocycles. The summed E-state index contributed by atoms with van der Waals surface area (Å²) < 4.78 is 1.73. The van der Waals surface area contributed by atoms with E-state index in [1.165, 1.54) is 18.3 Å². The average molecular weight is 442 g/mol. The molecule has 0 saturated heterocycles. The lowest BCUT2D eigenvalue weighted by molar-refractivity contribution is -0.393. The van der Waals surface area contributed by atoms with E-state index in [0.29, 0.717) is 11.3 Å². The van der Waals surface area contributed by atoms with Crippen LogP contribution in [-0.4, -0.2) is 25.8 Å². The topological polar surface area (TPSA) is 128 Å². The number of nitrogens with zero attached hydrogens (tertiary/aromatic N) is 5. The molecule has 0 atom stereocenters. The summed E-state index contributed by atoms with van der Waals surface area (Å²) in [5, 5.41) is 31.1. The third-order valence-corrected chi connectivity index (χ3v) is 4.87. The number of nitro groups is 2. The molecule has 0 radical (unpaired) electrons. The summed E-state index contributed by atoms with van der Waals surface area (Å²) in [6.07, 6.45) is 3.31. The van der Waals surface area contributed by atoms with Crippen LogP contribution in [0, 0.1) is 27.2 Å². The number of rotatable bonds is 7. The lowest BCUT2D eigenvalue weighted by Crippen LogP contribution is -1.98. The molecule has 10 heteroatoms. The second-order valence-electron chi connectivity index (χ2n) is 7.16. The summed E-state index contributed by atoms with van der Waals surface area (Å²) in [5.74, 6) is 0. The Labute approximate surface area is 188 Å². The molecule has 0 saturated carbocycles. The van der Waals surface area contributed by atoms with Crippen molar-refractivity contribution in [2.24, 2.45) is 5.10 Å². The number of nitrogens with one attached hydrogen (secondary N) is 1. The molecule has 0 unspecified atom stereocenters. The Hall–Kier alpha value is -4.86. The Morgan fingerprint density at radius 3 is 2.36 bits per heavy atom. The quantitative estimate of drug-likeness (QED) is 0.241. The molecular formula is C23H18N6O4. The van der Waals surface area contributed by atoms with Crippen molar-refractivity contribution in [1.82, 2.24) is 9.78 Å². The maximum absolute atomic E-state index is 11.3. The van der Waals surface area contributed by atoms with Crippen molar-refractivity contribution in [2.45, 2.75) is 6.92 Å². The number of anilines is 1. The van der Waals surface area contributed by atoms with Gasteiger partial charge in [-0.1, -0.05) is 48.0 Å². The van der Waals surface area contributed by atoms with Gasteiger partial charge in [0.05, 0.1) is 27.8 Å². The molecule has 1 N–H and O–H groups in total. The van der Waals surface area contributed by atoms with Crippen molar-refractivity contribution in [1.29, 1.82) is 0 Å². The molecule has 1 aromatic heterocycles. The van der Waals surface area contributed by atoms with Crippen LogP contribution >= 0.6 is 0 Å². The van der Waals surface area contributed by atoms with Crippen LogP contribution in [0.15, 0.2) is 84.1 Å². The third-order valence-electron chi connectivity index (χ3n) is 4.87. The van der Waals surface area contributed by atoms with Crippen molar-refractivity contribution < 1.29 is 9.85 Å². The summed E-state index contributed by atoms with van der Waals surface area (Å²) in [6.45, 7) is 2.00. The highest BCUT2D eigenvalue weighted by atomic mass is 16.6. The van der Waals surface area contributed by atoms with Crippen molar-refractivity contribution in [2.75, 3.05) is 5.43 Å². The summed E-state index contributed by atoms with van der Waals surface area (Å²) in [6, 6.07) is 20.8. The monoisotopic (exact) mass is 442 g/mol. The normalized spacial score (nSPS) is 10.9. The standard InChI is InChI=1S/C23H18N6O4/c1-16-7-9-19(10-8-16)27-15-18(23(26-27)17-5-3-2-4-6-17)14-24-25-21-12-11-20(28(30)31)13-22(21)29(32)33/h2-15,25H,1H3/b24-14+. The smallest absolute Gasteiger partial charge is 0.272 e. The van der Waals surface area contributed by atoms with Crippen LogP contribution in [0.25, 0.3) is 16.9 Å². The van der Waals surface area contributed by atoms with Gasteiger partial charge in [-0.05, 0) is 25.1 Å². The zero-order valence-electron chi connectivity index (χ0n) is 17.5. The first-order valence-corrected chi connectivity index (χ1v) is 9.86. The SMILES string of the molecule is Cc1ccc(-n2cc(/C=N/Nc3ccc([N+](=O)[O-])cc3[N+](=O)[O-])c(-c3ccccc3)n2)cc1. The van der Waals surface area contributed by atoms with Crippen molar-refractivity contribution >= 4 is 23.3 Å². The molecule has 4 aromatic rings. The number of nitro benzene ring substituents is 2. The molecule has 0 spiro atoms. The minimum Gasteiger partial charge on any atom is -0.272 e. The maximum atomic E-state index is 11.3. The largest absolute Gasteiger partial charge is 0.301 e. The number of benzene rings is 3. The maximum Gasteiger partial charge on any atom is 0.301 e. The van der Waals surface area contributed by atoms with Gasteiger partial charge in [-0.2, -0.15) is 10.2 Å². The fourth-order valence-electron chi connectivity index (χ4n) is 3.18. The zero-order chi connectivity index (χ0) is 23.4. The van der Waals surface area contributed by atoms with Crippen LogP contribution in [0.1, 0.15) is 11.1 Å². The summed E-state index contributed by atoms with van der Waals surface area (Å²) in [7, 11) is 0. The minimum absolute atomic E-state index is 0.0361. The molecule has 0 amide bonds. The number of aromatic nitrogens is 2. The Kier molecular flexibility index (Phi) is 5.90. The Morgan fingerprint density at radius 1 is 0.970 bits per heavy atom. The zero-order valence-corrected chi connectivity index (χ0v) is 17.5. The fraction of sp³-hybridized carbons (Fsp3) is 0.0435. The van der Waals surface area contributed by atoms with Crippen LogP contribution in [0.4, 0.5) is 17.1 Å². The highest BCUT2D eigenvalue weighted by molar-refractivity contribution is 5.89. The highest BCUT2D eigenvalue weighted by Crippen LogP contribution is 2.29. The molecule has 0 fully saturated rings. The molecule has 4 rings (SSSR count). The third kappa shape index (κ3) is 4.74. The Bertz CT molecular complexity index is 1350. The second-order valence-corrected chi connectivity index (χ2v) is 7.16.